The van der Waals surface area contributed by atoms with Gasteiger partial charge in [-0.25, -0.2) is 4.98 Å². The van der Waals surface area contributed by atoms with E-state index in [1.54, 1.807) is 24.3 Å². The van der Waals surface area contributed by atoms with Crippen molar-refractivity contribution in [2.24, 2.45) is 0 Å². The third kappa shape index (κ3) is 5.16. The molecule has 0 unspecified atom stereocenters. The maximum Gasteiger partial charge on any atom is 0.264 e. The fourth-order valence-electron chi connectivity index (χ4n) is 2.80. The Balaban J connectivity index is 1.56. The Morgan fingerprint density at radius 3 is 2.61 bits per heavy atom. The zero-order chi connectivity index (χ0) is 19.9. The zero-order valence-electron chi connectivity index (χ0n) is 16.2. The molecule has 0 aliphatic carbocycles. The molecule has 0 aliphatic heterocycles. The Morgan fingerprint density at radius 2 is 1.89 bits per heavy atom. The van der Waals surface area contributed by atoms with Crippen LogP contribution >= 0.6 is 11.3 Å². The first kappa shape index (κ1) is 20.0. The first-order valence-corrected chi connectivity index (χ1v) is 10.4. The summed E-state index contributed by atoms with van der Waals surface area (Å²) in [5, 5.41) is 3.36. The van der Waals surface area contributed by atoms with Crippen LogP contribution in [0.15, 0.2) is 42.5 Å². The molecule has 6 heteroatoms. The van der Waals surface area contributed by atoms with E-state index in [1.165, 1.54) is 29.7 Å². The highest BCUT2D eigenvalue weighted by atomic mass is 32.1. The van der Waals surface area contributed by atoms with Gasteiger partial charge in [0.15, 0.2) is 17.5 Å². The Morgan fingerprint density at radius 1 is 1.11 bits per heavy atom. The molecule has 5 nitrogen and oxygen atoms in total. The Hall–Kier alpha value is -2.73. The number of thiazole rings is 1. The number of unbranched alkanes of at least 4 members (excludes halogenated alkanes) is 1. The highest BCUT2D eigenvalue weighted by Crippen LogP contribution is 2.27. The second-order valence-corrected chi connectivity index (χ2v) is 7.59. The minimum Gasteiger partial charge on any atom is -0.484 e. The van der Waals surface area contributed by atoms with Crippen molar-refractivity contribution in [2.45, 2.75) is 39.5 Å². The van der Waals surface area contributed by atoms with E-state index in [0.717, 1.165) is 16.6 Å². The number of hydrogen-bond acceptors (Lipinski definition) is 5. The molecular formula is C22H24N2O3S. The van der Waals surface area contributed by atoms with Gasteiger partial charge in [0.25, 0.3) is 5.91 Å². The molecule has 146 valence electrons. The topological polar surface area (TPSA) is 68.3 Å². The molecule has 0 spiro atoms. The lowest BCUT2D eigenvalue weighted by molar-refractivity contribution is -0.118. The molecule has 1 heterocycles. The third-order valence-corrected chi connectivity index (χ3v) is 5.32. The minimum absolute atomic E-state index is 0.0815. The first-order valence-electron chi connectivity index (χ1n) is 9.54. The summed E-state index contributed by atoms with van der Waals surface area (Å²) < 4.78 is 6.57. The number of rotatable bonds is 9. The van der Waals surface area contributed by atoms with Crippen LogP contribution in [0, 0.1) is 0 Å². The Kier molecular flexibility index (Phi) is 6.76. The number of carbonyl (C=O) groups is 2. The average Bonchev–Trinajstić information content (AvgIpc) is 3.11. The van der Waals surface area contributed by atoms with Gasteiger partial charge in [0.2, 0.25) is 0 Å². The van der Waals surface area contributed by atoms with Crippen LogP contribution in [-0.4, -0.2) is 23.3 Å². The number of ketones is 1. The average molecular weight is 397 g/mol. The Labute approximate surface area is 168 Å². The highest BCUT2D eigenvalue weighted by Gasteiger charge is 2.10. The van der Waals surface area contributed by atoms with Crippen molar-refractivity contribution in [3.8, 4) is 5.75 Å². The predicted octanol–water partition coefficient (Wildman–Crippen LogP) is 5.25. The van der Waals surface area contributed by atoms with Crippen molar-refractivity contribution < 1.29 is 14.3 Å². The number of anilines is 1. The van der Waals surface area contributed by atoms with E-state index in [4.69, 9.17) is 4.74 Å². The number of hydrogen-bond donors (Lipinski definition) is 1. The van der Waals surface area contributed by atoms with Gasteiger partial charge < -0.3 is 4.74 Å². The summed E-state index contributed by atoms with van der Waals surface area (Å²) in [7, 11) is 0. The fraction of sp³-hybridized carbons (Fsp3) is 0.318. The van der Waals surface area contributed by atoms with Crippen LogP contribution < -0.4 is 10.1 Å². The second kappa shape index (κ2) is 9.46. The van der Waals surface area contributed by atoms with Gasteiger partial charge in [-0.05, 0) is 54.8 Å². The molecule has 3 aromatic rings. The van der Waals surface area contributed by atoms with Crippen LogP contribution in [0.25, 0.3) is 10.2 Å². The number of amides is 1. The fourth-order valence-corrected chi connectivity index (χ4v) is 3.75. The third-order valence-electron chi connectivity index (χ3n) is 4.39. The Bertz CT molecular complexity index is 964. The number of aryl methyl sites for hydroxylation is 1. The van der Waals surface area contributed by atoms with Crippen LogP contribution in [0.2, 0.25) is 0 Å². The molecule has 0 fully saturated rings. The van der Waals surface area contributed by atoms with Crippen LogP contribution in [-0.2, 0) is 11.2 Å². The molecule has 1 N–H and O–H groups in total. The maximum absolute atomic E-state index is 12.2. The van der Waals surface area contributed by atoms with E-state index in [2.05, 4.69) is 29.4 Å². The van der Waals surface area contributed by atoms with Gasteiger partial charge in [-0.15, -0.1) is 0 Å². The molecule has 1 aromatic heterocycles. The molecule has 0 radical (unpaired) electrons. The van der Waals surface area contributed by atoms with E-state index in [-0.39, 0.29) is 18.3 Å². The van der Waals surface area contributed by atoms with Crippen LogP contribution in [0.4, 0.5) is 5.13 Å². The number of Topliss-reactive ketones (excluding diaryl/α,β-unsaturated/α-hetero) is 1. The van der Waals surface area contributed by atoms with E-state index in [1.807, 2.05) is 13.0 Å². The number of carbonyl (C=O) groups excluding carboxylic acids is 2. The monoisotopic (exact) mass is 396 g/mol. The molecule has 0 bridgehead atoms. The molecule has 0 atom stereocenters. The molecule has 1 amide bonds. The summed E-state index contributed by atoms with van der Waals surface area (Å²) >= 11 is 1.47. The summed E-state index contributed by atoms with van der Waals surface area (Å²) in [4.78, 5) is 28.3. The van der Waals surface area contributed by atoms with Gasteiger partial charge >= 0.3 is 0 Å². The summed E-state index contributed by atoms with van der Waals surface area (Å²) in [6.45, 7) is 3.89. The lowest BCUT2D eigenvalue weighted by Gasteiger charge is -2.06. The van der Waals surface area contributed by atoms with E-state index in [0.29, 0.717) is 22.9 Å². The van der Waals surface area contributed by atoms with Crippen LogP contribution in [0.3, 0.4) is 0 Å². The van der Waals surface area contributed by atoms with Crippen molar-refractivity contribution in [3.63, 3.8) is 0 Å². The first-order chi connectivity index (χ1) is 13.6. The lowest BCUT2D eigenvalue weighted by atomic mass is 10.1. The summed E-state index contributed by atoms with van der Waals surface area (Å²) in [5.74, 6) is 0.365. The molecule has 3 rings (SSSR count). The normalized spacial score (nSPS) is 10.8. The highest BCUT2D eigenvalue weighted by molar-refractivity contribution is 7.22. The smallest absolute Gasteiger partial charge is 0.264 e. The van der Waals surface area contributed by atoms with Crippen molar-refractivity contribution in [1.82, 2.24) is 4.98 Å². The summed E-state index contributed by atoms with van der Waals surface area (Å²) in [6.07, 6.45) is 3.85. The maximum atomic E-state index is 12.2. The summed E-state index contributed by atoms with van der Waals surface area (Å²) in [6, 6.07) is 13.1. The van der Waals surface area contributed by atoms with Gasteiger partial charge in [0, 0.05) is 12.0 Å². The van der Waals surface area contributed by atoms with Crippen molar-refractivity contribution in [1.29, 1.82) is 0 Å². The van der Waals surface area contributed by atoms with Gasteiger partial charge in [-0.2, -0.15) is 0 Å². The zero-order valence-corrected chi connectivity index (χ0v) is 17.0. The van der Waals surface area contributed by atoms with Gasteiger partial charge in [-0.3, -0.25) is 14.9 Å². The molecule has 0 saturated heterocycles. The number of nitrogens with one attached hydrogen (secondary N) is 1. The van der Waals surface area contributed by atoms with Crippen LogP contribution in [0.1, 0.15) is 49.0 Å². The molecule has 0 saturated carbocycles. The van der Waals surface area contributed by atoms with Gasteiger partial charge in [0.05, 0.1) is 10.2 Å². The van der Waals surface area contributed by atoms with E-state index < -0.39 is 0 Å². The van der Waals surface area contributed by atoms with Crippen molar-refractivity contribution >= 4 is 38.4 Å². The molecule has 28 heavy (non-hydrogen) atoms. The van der Waals surface area contributed by atoms with Gasteiger partial charge in [-0.1, -0.05) is 37.7 Å². The van der Waals surface area contributed by atoms with Crippen molar-refractivity contribution in [3.05, 3.63) is 53.6 Å². The predicted molar refractivity (Wildman–Crippen MR) is 113 cm³/mol. The molecule has 0 aliphatic rings. The number of fused-ring (bicyclic) bond motifs is 1. The largest absolute Gasteiger partial charge is 0.484 e. The van der Waals surface area contributed by atoms with Crippen molar-refractivity contribution in [2.75, 3.05) is 11.9 Å². The molecular weight excluding hydrogens is 372 g/mol. The quantitative estimate of drug-likeness (QED) is 0.502. The summed E-state index contributed by atoms with van der Waals surface area (Å²) in [5.41, 5.74) is 2.83. The van der Waals surface area contributed by atoms with Gasteiger partial charge in [0.1, 0.15) is 5.75 Å². The van der Waals surface area contributed by atoms with E-state index >= 15 is 0 Å². The minimum atomic E-state index is -0.265. The number of nitrogens with zero attached hydrogens (tertiary/aromatic N) is 1. The number of aromatic nitrogens is 1. The second-order valence-electron chi connectivity index (χ2n) is 6.56. The lowest BCUT2D eigenvalue weighted by Crippen LogP contribution is -2.20. The number of benzene rings is 2. The van der Waals surface area contributed by atoms with Crippen LogP contribution in [0.5, 0.6) is 5.75 Å². The SMILES string of the molecule is CCCCc1ccc2nc(NC(=O)COc3ccc(C(=O)CC)cc3)sc2c1. The molecule has 2 aromatic carbocycles. The number of ether oxygens (including phenoxy) is 1. The standard InChI is InChI=1S/C22H24N2O3S/c1-3-5-6-15-7-12-18-20(13-15)28-22(23-18)24-21(26)14-27-17-10-8-16(9-11-17)19(25)4-2/h7-13H,3-6,14H2,1-2H3,(H,23,24,26). The van der Waals surface area contributed by atoms with E-state index in [9.17, 15) is 9.59 Å².